The molecule has 0 radical (unpaired) electrons. The number of fused-ring (bicyclic) bond motifs is 3. The summed E-state index contributed by atoms with van der Waals surface area (Å²) in [5, 5.41) is 15.3. The number of methoxy groups -OCH3 is 1. The number of para-hydroxylation sites is 1. The highest BCUT2D eigenvalue weighted by molar-refractivity contribution is 6.33. The number of anilines is 1. The molecule has 5 rings (SSSR count). The average Bonchev–Trinajstić information content (AvgIpc) is 3.40. The molecule has 0 saturated carbocycles. The minimum absolute atomic E-state index is 0.0503. The van der Waals surface area contributed by atoms with Crippen LogP contribution in [-0.2, 0) is 9.59 Å². The molecule has 3 atom stereocenters. The smallest absolute Gasteiger partial charge is 0.289 e. The number of benzene rings is 2. The molecule has 2 aromatic carbocycles. The highest BCUT2D eigenvalue weighted by Crippen LogP contribution is 2.50. The number of nitrogens with zero attached hydrogens (tertiary/aromatic N) is 4. The summed E-state index contributed by atoms with van der Waals surface area (Å²) < 4.78 is 5.54. The van der Waals surface area contributed by atoms with Gasteiger partial charge in [-0.05, 0) is 24.6 Å². The summed E-state index contributed by atoms with van der Waals surface area (Å²) in [6, 6.07) is 10.5. The van der Waals surface area contributed by atoms with E-state index in [0.717, 1.165) is 23.4 Å². The number of hydrogen-bond acceptors (Lipinski definition) is 7. The number of hydrogen-bond donors (Lipinski definition) is 0. The molecule has 0 bridgehead atoms. The molecule has 3 heterocycles. The molecule has 3 aliphatic heterocycles. The molecule has 3 saturated heterocycles. The molecular weight excluding hydrogens is 424 g/mol. The zero-order valence-corrected chi connectivity index (χ0v) is 17.4. The molecule has 31 heavy (non-hydrogen) atoms. The fourth-order valence-corrected chi connectivity index (χ4v) is 5.22. The lowest BCUT2D eigenvalue weighted by molar-refractivity contribution is -0.384. The molecule has 0 spiro atoms. The van der Waals surface area contributed by atoms with Crippen LogP contribution >= 0.6 is 11.6 Å². The van der Waals surface area contributed by atoms with Gasteiger partial charge >= 0.3 is 0 Å². The van der Waals surface area contributed by atoms with Gasteiger partial charge in [-0.1, -0.05) is 29.8 Å². The third-order valence-corrected chi connectivity index (χ3v) is 6.57. The molecule has 3 fully saturated rings. The number of carbonyl (C=O) groups is 2. The van der Waals surface area contributed by atoms with Gasteiger partial charge in [0, 0.05) is 24.7 Å². The Hall–Kier alpha value is -3.01. The van der Waals surface area contributed by atoms with E-state index in [2.05, 4.69) is 5.01 Å². The van der Waals surface area contributed by atoms with Crippen molar-refractivity contribution < 1.29 is 19.2 Å². The maximum atomic E-state index is 13.6. The van der Waals surface area contributed by atoms with Crippen LogP contribution in [0.25, 0.3) is 0 Å². The van der Waals surface area contributed by atoms with E-state index >= 15 is 0 Å². The number of rotatable bonds is 4. The van der Waals surface area contributed by atoms with Crippen LogP contribution < -0.4 is 9.64 Å². The number of ether oxygens (including phenoxy) is 1. The summed E-state index contributed by atoms with van der Waals surface area (Å²) in [4.78, 5) is 38.8. The van der Waals surface area contributed by atoms with Crippen molar-refractivity contribution >= 4 is 34.8 Å². The molecule has 0 aromatic heterocycles. The molecule has 160 valence electrons. The molecule has 0 N–H and O–H groups in total. The lowest BCUT2D eigenvalue weighted by Crippen LogP contribution is -2.44. The molecular formula is C21H19ClN4O5. The first-order valence-electron chi connectivity index (χ1n) is 9.92. The van der Waals surface area contributed by atoms with Crippen molar-refractivity contribution in [1.29, 1.82) is 0 Å². The predicted molar refractivity (Wildman–Crippen MR) is 112 cm³/mol. The Balaban J connectivity index is 1.60. The Morgan fingerprint density at radius 3 is 2.48 bits per heavy atom. The van der Waals surface area contributed by atoms with Gasteiger partial charge in [-0.15, -0.1) is 0 Å². The van der Waals surface area contributed by atoms with Crippen LogP contribution in [0.2, 0.25) is 5.02 Å². The Bertz CT molecular complexity index is 1110. The number of imide groups is 1. The van der Waals surface area contributed by atoms with Crippen LogP contribution in [-0.4, -0.2) is 53.0 Å². The molecule has 0 unspecified atom stereocenters. The molecule has 10 heteroatoms. The van der Waals surface area contributed by atoms with Crippen molar-refractivity contribution in [2.24, 2.45) is 5.92 Å². The van der Waals surface area contributed by atoms with Gasteiger partial charge in [-0.25, -0.2) is 14.9 Å². The van der Waals surface area contributed by atoms with Gasteiger partial charge in [0.15, 0.2) is 0 Å². The lowest BCUT2D eigenvalue weighted by Gasteiger charge is -2.30. The summed E-state index contributed by atoms with van der Waals surface area (Å²) in [6.07, 6.45) is 0.878. The molecule has 2 aromatic rings. The lowest BCUT2D eigenvalue weighted by atomic mass is 9.89. The molecule has 9 nitrogen and oxygen atoms in total. The fourth-order valence-electron chi connectivity index (χ4n) is 5.03. The van der Waals surface area contributed by atoms with Crippen LogP contribution in [0.1, 0.15) is 18.0 Å². The van der Waals surface area contributed by atoms with E-state index in [9.17, 15) is 19.7 Å². The third kappa shape index (κ3) is 2.84. The molecule has 3 aliphatic rings. The normalized spacial score (nSPS) is 25.7. The quantitative estimate of drug-likeness (QED) is 0.408. The maximum absolute atomic E-state index is 13.6. The Morgan fingerprint density at radius 1 is 1.06 bits per heavy atom. The van der Waals surface area contributed by atoms with Crippen molar-refractivity contribution in [3.8, 4) is 5.75 Å². The second-order valence-corrected chi connectivity index (χ2v) is 8.15. The second-order valence-electron chi connectivity index (χ2n) is 7.74. The van der Waals surface area contributed by atoms with Crippen LogP contribution in [0.5, 0.6) is 5.75 Å². The molecule has 2 amide bonds. The van der Waals surface area contributed by atoms with Crippen LogP contribution in [0, 0.1) is 16.0 Å². The Labute approximate surface area is 182 Å². The number of amides is 2. The topological polar surface area (TPSA) is 96.2 Å². The van der Waals surface area contributed by atoms with Crippen LogP contribution in [0.3, 0.4) is 0 Å². The Kier molecular flexibility index (Phi) is 4.69. The summed E-state index contributed by atoms with van der Waals surface area (Å²) in [5.74, 6) is -0.743. The summed E-state index contributed by atoms with van der Waals surface area (Å²) >= 11 is 5.92. The number of nitro groups is 1. The number of hydrazine groups is 1. The van der Waals surface area contributed by atoms with Gasteiger partial charge in [0.1, 0.15) is 16.8 Å². The minimum atomic E-state index is -0.653. The van der Waals surface area contributed by atoms with E-state index in [4.69, 9.17) is 16.3 Å². The SMILES string of the molecule is COc1ccccc1[C@H]1[C@H]2C(=O)N(c3ccc(Cl)c([N+](=O)[O-])c3)C(=O)[C@@H]2N2CCCN12. The van der Waals surface area contributed by atoms with Gasteiger partial charge in [0.25, 0.3) is 11.6 Å². The van der Waals surface area contributed by atoms with Crippen molar-refractivity contribution in [3.63, 3.8) is 0 Å². The van der Waals surface area contributed by atoms with Gasteiger partial charge in [-0.3, -0.25) is 19.7 Å². The van der Waals surface area contributed by atoms with Gasteiger partial charge in [0.2, 0.25) is 5.91 Å². The monoisotopic (exact) mass is 442 g/mol. The van der Waals surface area contributed by atoms with Crippen molar-refractivity contribution in [2.45, 2.75) is 18.5 Å². The standard InChI is InChI=1S/C21H19ClN4O5/c1-31-16-6-3-2-5-13(16)18-17-19(24-10-4-9-23(18)24)21(28)25(20(17)27)12-7-8-14(22)15(11-12)26(29)30/h2-3,5-8,11,17-19H,4,9-10H2,1H3/t17-,18+,19-/m1/s1. The summed E-state index contributed by atoms with van der Waals surface area (Å²) in [5.41, 5.74) is 0.653. The highest BCUT2D eigenvalue weighted by Gasteiger charge is 2.63. The summed E-state index contributed by atoms with van der Waals surface area (Å²) in [6.45, 7) is 1.41. The number of carbonyl (C=O) groups excluding carboxylic acids is 2. The number of halogens is 1. The third-order valence-electron chi connectivity index (χ3n) is 6.25. The van der Waals surface area contributed by atoms with Gasteiger partial charge in [-0.2, -0.15) is 0 Å². The van der Waals surface area contributed by atoms with E-state index in [1.54, 1.807) is 7.11 Å². The summed E-state index contributed by atoms with van der Waals surface area (Å²) in [7, 11) is 1.58. The first kappa shape index (κ1) is 19.9. The van der Waals surface area contributed by atoms with Crippen LogP contribution in [0.4, 0.5) is 11.4 Å². The predicted octanol–water partition coefficient (Wildman–Crippen LogP) is 2.79. The minimum Gasteiger partial charge on any atom is -0.496 e. The molecule has 0 aliphatic carbocycles. The second kappa shape index (κ2) is 7.30. The van der Waals surface area contributed by atoms with E-state index in [1.807, 2.05) is 29.3 Å². The van der Waals surface area contributed by atoms with Crippen molar-refractivity contribution in [3.05, 3.63) is 63.2 Å². The van der Waals surface area contributed by atoms with Gasteiger partial charge in [0.05, 0.1) is 29.7 Å². The number of nitro benzene ring substituents is 1. The average molecular weight is 443 g/mol. The van der Waals surface area contributed by atoms with E-state index in [1.165, 1.54) is 18.2 Å². The maximum Gasteiger partial charge on any atom is 0.289 e. The fraction of sp³-hybridized carbons (Fsp3) is 0.333. The zero-order chi connectivity index (χ0) is 21.9. The van der Waals surface area contributed by atoms with Crippen molar-refractivity contribution in [1.82, 2.24) is 10.0 Å². The van der Waals surface area contributed by atoms with E-state index < -0.39 is 16.9 Å². The van der Waals surface area contributed by atoms with Gasteiger partial charge < -0.3 is 4.74 Å². The first-order valence-corrected chi connectivity index (χ1v) is 10.3. The van der Waals surface area contributed by atoms with E-state index in [-0.39, 0.29) is 34.3 Å². The Morgan fingerprint density at radius 2 is 1.77 bits per heavy atom. The van der Waals surface area contributed by atoms with E-state index in [0.29, 0.717) is 12.3 Å². The van der Waals surface area contributed by atoms with Crippen molar-refractivity contribution in [2.75, 3.05) is 25.1 Å². The first-order chi connectivity index (χ1) is 14.9. The highest BCUT2D eigenvalue weighted by atomic mass is 35.5. The largest absolute Gasteiger partial charge is 0.496 e. The van der Waals surface area contributed by atoms with Crippen LogP contribution in [0.15, 0.2) is 42.5 Å². The zero-order valence-electron chi connectivity index (χ0n) is 16.6.